The number of ether oxygens (including phenoxy) is 1. The molecule has 6 nitrogen and oxygen atoms in total. The molecule has 6 heteroatoms. The van der Waals surface area contributed by atoms with Crippen molar-refractivity contribution in [2.45, 2.75) is 5.60 Å². The van der Waals surface area contributed by atoms with Crippen molar-refractivity contribution >= 4 is 5.52 Å². The maximum atomic E-state index is 10.2. The molecule has 0 bridgehead atoms. The summed E-state index contributed by atoms with van der Waals surface area (Å²) in [5.41, 5.74) is 4.96. The predicted molar refractivity (Wildman–Crippen MR) is 105 cm³/mol. The highest BCUT2D eigenvalue weighted by Crippen LogP contribution is 2.29. The zero-order valence-electron chi connectivity index (χ0n) is 15.3. The van der Waals surface area contributed by atoms with E-state index < -0.39 is 5.60 Å². The second-order valence-corrected chi connectivity index (χ2v) is 7.03. The van der Waals surface area contributed by atoms with E-state index in [1.165, 1.54) is 0 Å². The van der Waals surface area contributed by atoms with Gasteiger partial charge in [0.25, 0.3) is 0 Å². The van der Waals surface area contributed by atoms with Crippen LogP contribution in [0, 0.1) is 11.8 Å². The first-order chi connectivity index (χ1) is 13.6. The van der Waals surface area contributed by atoms with Gasteiger partial charge in [-0.3, -0.25) is 4.68 Å². The third-order valence-corrected chi connectivity index (χ3v) is 4.89. The summed E-state index contributed by atoms with van der Waals surface area (Å²) in [5, 5.41) is 18.9. The van der Waals surface area contributed by atoms with Gasteiger partial charge in [0, 0.05) is 30.6 Å². The number of benzene rings is 1. The van der Waals surface area contributed by atoms with E-state index in [4.69, 9.17) is 4.74 Å². The Hall–Kier alpha value is -3.40. The molecule has 1 aromatic carbocycles. The Balaban J connectivity index is 1.56. The standard InChI is InChI=1S/C22H18N4O2/c1-25-13-19(11-23-25)16-4-6-17(7-5-16)20-12-24-26-10-2-3-18(21(20)26)8-9-22(27)14-28-15-22/h2-7,10-13,27H,14-15H2,1H3. The van der Waals surface area contributed by atoms with E-state index in [1.54, 1.807) is 4.68 Å². The zero-order chi connectivity index (χ0) is 19.1. The Morgan fingerprint density at radius 1 is 1.04 bits per heavy atom. The summed E-state index contributed by atoms with van der Waals surface area (Å²) >= 11 is 0. The fourth-order valence-corrected chi connectivity index (χ4v) is 3.32. The first-order valence-electron chi connectivity index (χ1n) is 9.00. The molecular weight excluding hydrogens is 352 g/mol. The lowest BCUT2D eigenvalue weighted by molar-refractivity contribution is -0.140. The van der Waals surface area contributed by atoms with Gasteiger partial charge in [0.2, 0.25) is 0 Å². The first kappa shape index (κ1) is 16.8. The number of aryl methyl sites for hydroxylation is 1. The van der Waals surface area contributed by atoms with Crippen LogP contribution >= 0.6 is 0 Å². The molecule has 0 atom stereocenters. The lowest BCUT2D eigenvalue weighted by Gasteiger charge is -2.30. The van der Waals surface area contributed by atoms with E-state index in [0.29, 0.717) is 0 Å². The molecule has 0 amide bonds. The normalized spacial score (nSPS) is 15.1. The van der Waals surface area contributed by atoms with Crippen molar-refractivity contribution in [3.63, 3.8) is 0 Å². The molecular formula is C22H18N4O2. The van der Waals surface area contributed by atoms with Crippen molar-refractivity contribution in [3.05, 3.63) is 66.7 Å². The van der Waals surface area contributed by atoms with Crippen LogP contribution in [0.1, 0.15) is 5.56 Å². The number of hydrogen-bond acceptors (Lipinski definition) is 4. The highest BCUT2D eigenvalue weighted by Gasteiger charge is 2.33. The molecule has 0 unspecified atom stereocenters. The predicted octanol–water partition coefficient (Wildman–Crippen LogP) is 2.51. The molecule has 1 saturated heterocycles. The lowest BCUT2D eigenvalue weighted by Crippen LogP contribution is -2.48. The maximum absolute atomic E-state index is 10.2. The molecule has 1 N–H and O–H groups in total. The number of aliphatic hydroxyl groups is 1. The SMILES string of the molecule is Cn1cc(-c2ccc(-c3cnn4cccc(C#CC5(O)COC5)c34)cc2)cn1. The third kappa shape index (κ3) is 2.87. The Kier molecular flexibility index (Phi) is 3.79. The molecule has 1 aliphatic rings. The van der Waals surface area contributed by atoms with Crippen LogP contribution in [0.3, 0.4) is 0 Å². The summed E-state index contributed by atoms with van der Waals surface area (Å²) in [6.07, 6.45) is 7.59. The number of fused-ring (bicyclic) bond motifs is 1. The largest absolute Gasteiger partial charge is 0.373 e. The van der Waals surface area contributed by atoms with Crippen LogP contribution in [0.5, 0.6) is 0 Å². The van der Waals surface area contributed by atoms with Crippen LogP contribution in [0.25, 0.3) is 27.8 Å². The molecule has 28 heavy (non-hydrogen) atoms. The van der Waals surface area contributed by atoms with Crippen molar-refractivity contribution < 1.29 is 9.84 Å². The second-order valence-electron chi connectivity index (χ2n) is 7.03. The van der Waals surface area contributed by atoms with Crippen LogP contribution in [-0.4, -0.2) is 43.3 Å². The molecule has 4 heterocycles. The fourth-order valence-electron chi connectivity index (χ4n) is 3.32. The van der Waals surface area contributed by atoms with Crippen molar-refractivity contribution in [3.8, 4) is 34.1 Å². The Bertz CT molecular complexity index is 1220. The van der Waals surface area contributed by atoms with Crippen LogP contribution in [-0.2, 0) is 11.8 Å². The number of rotatable bonds is 2. The Morgan fingerprint density at radius 2 is 1.82 bits per heavy atom. The van der Waals surface area contributed by atoms with Crippen LogP contribution in [0.4, 0.5) is 0 Å². The molecule has 3 aromatic heterocycles. The van der Waals surface area contributed by atoms with Crippen molar-refractivity contribution in [2.75, 3.05) is 13.2 Å². The van der Waals surface area contributed by atoms with E-state index in [-0.39, 0.29) is 13.2 Å². The molecule has 0 spiro atoms. The summed E-state index contributed by atoms with van der Waals surface area (Å²) in [4.78, 5) is 0. The molecule has 1 fully saturated rings. The molecule has 0 aliphatic carbocycles. The summed E-state index contributed by atoms with van der Waals surface area (Å²) in [6.45, 7) is 0.510. The summed E-state index contributed by atoms with van der Waals surface area (Å²) in [7, 11) is 1.91. The van der Waals surface area contributed by atoms with E-state index in [1.807, 2.05) is 48.5 Å². The van der Waals surface area contributed by atoms with Gasteiger partial charge in [-0.15, -0.1) is 0 Å². The van der Waals surface area contributed by atoms with E-state index in [0.717, 1.165) is 33.3 Å². The quantitative estimate of drug-likeness (QED) is 0.551. The van der Waals surface area contributed by atoms with Gasteiger partial charge in [0.15, 0.2) is 5.60 Å². The molecule has 0 radical (unpaired) electrons. The lowest BCUT2D eigenvalue weighted by atomic mass is 10.00. The minimum atomic E-state index is -1.04. The van der Waals surface area contributed by atoms with Crippen LogP contribution in [0.15, 0.2) is 61.2 Å². The summed E-state index contributed by atoms with van der Waals surface area (Å²) < 4.78 is 8.67. The summed E-state index contributed by atoms with van der Waals surface area (Å²) in [6, 6.07) is 12.2. The molecule has 1 aliphatic heterocycles. The average molecular weight is 370 g/mol. The van der Waals surface area contributed by atoms with E-state index in [9.17, 15) is 5.11 Å². The Morgan fingerprint density at radius 3 is 2.50 bits per heavy atom. The highest BCUT2D eigenvalue weighted by molar-refractivity contribution is 5.85. The van der Waals surface area contributed by atoms with E-state index in [2.05, 4.69) is 46.3 Å². The zero-order valence-corrected chi connectivity index (χ0v) is 15.3. The average Bonchev–Trinajstić information content (AvgIpc) is 3.31. The van der Waals surface area contributed by atoms with Gasteiger partial charge in [-0.1, -0.05) is 36.1 Å². The topological polar surface area (TPSA) is 64.6 Å². The number of hydrogen-bond donors (Lipinski definition) is 1. The third-order valence-electron chi connectivity index (χ3n) is 4.89. The smallest absolute Gasteiger partial charge is 0.172 e. The van der Waals surface area contributed by atoms with Crippen molar-refractivity contribution in [2.24, 2.45) is 7.05 Å². The van der Waals surface area contributed by atoms with E-state index >= 15 is 0 Å². The molecule has 5 rings (SSSR count). The molecule has 138 valence electrons. The monoisotopic (exact) mass is 370 g/mol. The van der Waals surface area contributed by atoms with Crippen molar-refractivity contribution in [1.82, 2.24) is 19.4 Å². The van der Waals surface area contributed by atoms with Crippen LogP contribution in [0.2, 0.25) is 0 Å². The first-order valence-corrected chi connectivity index (χ1v) is 9.00. The van der Waals surface area contributed by atoms with Gasteiger partial charge in [0.05, 0.1) is 36.7 Å². The summed E-state index contributed by atoms with van der Waals surface area (Å²) in [5.74, 6) is 6.05. The minimum absolute atomic E-state index is 0.255. The van der Waals surface area contributed by atoms with Crippen LogP contribution < -0.4 is 0 Å². The van der Waals surface area contributed by atoms with Gasteiger partial charge in [0.1, 0.15) is 0 Å². The molecule has 0 saturated carbocycles. The second kappa shape index (κ2) is 6.34. The van der Waals surface area contributed by atoms with Gasteiger partial charge in [-0.2, -0.15) is 10.2 Å². The van der Waals surface area contributed by atoms with Gasteiger partial charge >= 0.3 is 0 Å². The fraction of sp³-hybridized carbons (Fsp3) is 0.182. The molecule has 4 aromatic rings. The number of pyridine rings is 1. The van der Waals surface area contributed by atoms with Gasteiger partial charge in [-0.05, 0) is 23.3 Å². The highest BCUT2D eigenvalue weighted by atomic mass is 16.5. The number of aromatic nitrogens is 4. The van der Waals surface area contributed by atoms with Crippen molar-refractivity contribution in [1.29, 1.82) is 0 Å². The maximum Gasteiger partial charge on any atom is 0.172 e. The Labute approximate surface area is 162 Å². The minimum Gasteiger partial charge on any atom is -0.373 e. The van der Waals surface area contributed by atoms with Gasteiger partial charge < -0.3 is 9.84 Å². The number of nitrogens with zero attached hydrogens (tertiary/aromatic N) is 4. The van der Waals surface area contributed by atoms with Gasteiger partial charge in [-0.25, -0.2) is 4.52 Å².